The second-order valence-corrected chi connectivity index (χ2v) is 5.14. The fourth-order valence-corrected chi connectivity index (χ4v) is 2.41. The molecule has 0 atom stereocenters. The maximum Gasteiger partial charge on any atom is 0.0709 e. The van der Waals surface area contributed by atoms with Crippen LogP contribution >= 0.6 is 0 Å². The minimum absolute atomic E-state index is 1.04. The summed E-state index contributed by atoms with van der Waals surface area (Å²) in [6.07, 6.45) is 7.19. The highest BCUT2D eigenvalue weighted by Gasteiger charge is 2.09. The van der Waals surface area contributed by atoms with Gasteiger partial charge in [0.25, 0.3) is 0 Å². The molecule has 0 aliphatic carbocycles. The Labute approximate surface area is 115 Å². The molecule has 0 N–H and O–H groups in total. The maximum absolute atomic E-state index is 4.41. The van der Waals surface area contributed by atoms with Crippen LogP contribution in [0.3, 0.4) is 0 Å². The number of hydrogen-bond donors (Lipinski definition) is 0. The summed E-state index contributed by atoms with van der Waals surface area (Å²) in [5.74, 6) is 0. The molecule has 0 aliphatic rings. The number of nitrogens with zero attached hydrogens (tertiary/aromatic N) is 3. The summed E-state index contributed by atoms with van der Waals surface area (Å²) in [6.45, 7) is 3.32. The molecule has 1 aromatic heterocycles. The zero-order chi connectivity index (χ0) is 13.7. The van der Waals surface area contributed by atoms with Gasteiger partial charge < -0.3 is 4.90 Å². The highest BCUT2D eigenvalue weighted by molar-refractivity contribution is 5.47. The first kappa shape index (κ1) is 13.8. The first-order valence-electron chi connectivity index (χ1n) is 6.98. The third-order valence-electron chi connectivity index (χ3n) is 3.37. The van der Waals surface area contributed by atoms with Crippen LogP contribution in [-0.4, -0.2) is 35.3 Å². The fourth-order valence-electron chi connectivity index (χ4n) is 2.41. The molecule has 19 heavy (non-hydrogen) atoms. The summed E-state index contributed by atoms with van der Waals surface area (Å²) in [5.41, 5.74) is 4.03. The third-order valence-corrected chi connectivity index (χ3v) is 3.37. The largest absolute Gasteiger partial charge is 0.309 e. The van der Waals surface area contributed by atoms with Crippen molar-refractivity contribution < 1.29 is 0 Å². The fraction of sp³-hybridized carbons (Fsp3) is 0.438. The van der Waals surface area contributed by atoms with Gasteiger partial charge in [0.1, 0.15) is 0 Å². The Morgan fingerprint density at radius 1 is 1.16 bits per heavy atom. The average Bonchev–Trinajstić information content (AvgIpc) is 2.91. The third kappa shape index (κ3) is 3.44. The van der Waals surface area contributed by atoms with Gasteiger partial charge in [0.2, 0.25) is 0 Å². The van der Waals surface area contributed by atoms with Gasteiger partial charge in [-0.25, -0.2) is 4.68 Å². The van der Waals surface area contributed by atoms with Gasteiger partial charge in [-0.15, -0.1) is 0 Å². The standard InChI is InChI=1S/C16H23N3/c1-4-14-8-5-9-15(10-6-12-18(2)3)16(14)19-13-7-11-17-19/h5,7-9,11,13H,4,6,10,12H2,1-3H3. The van der Waals surface area contributed by atoms with Crippen molar-refractivity contribution in [1.82, 2.24) is 14.7 Å². The molecule has 0 spiro atoms. The summed E-state index contributed by atoms with van der Waals surface area (Å²) in [6, 6.07) is 8.57. The molecular formula is C16H23N3. The van der Waals surface area contributed by atoms with Crippen LogP contribution in [0.2, 0.25) is 0 Å². The van der Waals surface area contributed by atoms with Crippen molar-refractivity contribution >= 4 is 0 Å². The van der Waals surface area contributed by atoms with Crippen molar-refractivity contribution in [3.05, 3.63) is 47.8 Å². The van der Waals surface area contributed by atoms with Gasteiger partial charge >= 0.3 is 0 Å². The summed E-state index contributed by atoms with van der Waals surface area (Å²) in [7, 11) is 4.24. The second-order valence-electron chi connectivity index (χ2n) is 5.14. The number of hydrogen-bond acceptors (Lipinski definition) is 2. The molecule has 0 fully saturated rings. The number of benzene rings is 1. The lowest BCUT2D eigenvalue weighted by molar-refractivity contribution is 0.400. The molecule has 1 heterocycles. The monoisotopic (exact) mass is 257 g/mol. The SMILES string of the molecule is CCc1cccc(CCCN(C)C)c1-n1cccn1. The lowest BCUT2D eigenvalue weighted by Gasteiger charge is -2.15. The van der Waals surface area contributed by atoms with E-state index in [-0.39, 0.29) is 0 Å². The Morgan fingerprint density at radius 2 is 1.95 bits per heavy atom. The average molecular weight is 257 g/mol. The first-order chi connectivity index (χ1) is 9.22. The molecule has 0 amide bonds. The second kappa shape index (κ2) is 6.53. The molecule has 0 aliphatic heterocycles. The van der Waals surface area contributed by atoms with E-state index in [4.69, 9.17) is 0 Å². The minimum Gasteiger partial charge on any atom is -0.309 e. The Morgan fingerprint density at radius 3 is 2.58 bits per heavy atom. The first-order valence-corrected chi connectivity index (χ1v) is 6.98. The lowest BCUT2D eigenvalue weighted by atomic mass is 10.0. The van der Waals surface area contributed by atoms with Crippen LogP contribution in [0, 0.1) is 0 Å². The van der Waals surface area contributed by atoms with Crippen LogP contribution in [0.4, 0.5) is 0 Å². The molecule has 0 saturated carbocycles. The number of rotatable bonds is 6. The van der Waals surface area contributed by atoms with E-state index in [2.05, 4.69) is 49.2 Å². The quantitative estimate of drug-likeness (QED) is 0.793. The molecule has 3 heteroatoms. The summed E-state index contributed by atoms with van der Waals surface area (Å²) < 4.78 is 2.00. The molecule has 0 bridgehead atoms. The Balaban J connectivity index is 2.27. The lowest BCUT2D eigenvalue weighted by Crippen LogP contribution is -2.14. The van der Waals surface area contributed by atoms with Crippen molar-refractivity contribution in [2.75, 3.05) is 20.6 Å². The van der Waals surface area contributed by atoms with Crippen molar-refractivity contribution in [3.63, 3.8) is 0 Å². The van der Waals surface area contributed by atoms with Crippen LogP contribution in [0.25, 0.3) is 5.69 Å². The molecule has 1 aromatic carbocycles. The van der Waals surface area contributed by atoms with E-state index in [0.717, 1.165) is 19.4 Å². The molecule has 0 saturated heterocycles. The van der Waals surface area contributed by atoms with Crippen molar-refractivity contribution in [3.8, 4) is 5.69 Å². The van der Waals surface area contributed by atoms with Crippen molar-refractivity contribution in [1.29, 1.82) is 0 Å². The van der Waals surface area contributed by atoms with Gasteiger partial charge in [0.05, 0.1) is 5.69 Å². The molecule has 102 valence electrons. The van der Waals surface area contributed by atoms with Gasteiger partial charge in [-0.1, -0.05) is 25.1 Å². The van der Waals surface area contributed by atoms with Gasteiger partial charge in [0, 0.05) is 12.4 Å². The van der Waals surface area contributed by atoms with Crippen LogP contribution in [-0.2, 0) is 12.8 Å². The zero-order valence-electron chi connectivity index (χ0n) is 12.1. The molecular weight excluding hydrogens is 234 g/mol. The highest BCUT2D eigenvalue weighted by atomic mass is 15.3. The number of aryl methyl sites for hydroxylation is 2. The molecule has 0 radical (unpaired) electrons. The summed E-state index contributed by atoms with van der Waals surface area (Å²) in [4.78, 5) is 2.23. The van der Waals surface area contributed by atoms with E-state index >= 15 is 0 Å². The number of para-hydroxylation sites is 1. The van der Waals surface area contributed by atoms with Crippen LogP contribution in [0.1, 0.15) is 24.5 Å². The van der Waals surface area contributed by atoms with E-state index in [1.165, 1.54) is 23.2 Å². The predicted octanol–water partition coefficient (Wildman–Crippen LogP) is 2.93. The van der Waals surface area contributed by atoms with Crippen LogP contribution in [0.5, 0.6) is 0 Å². The Kier molecular flexibility index (Phi) is 4.74. The maximum atomic E-state index is 4.41. The van der Waals surface area contributed by atoms with Gasteiger partial charge in [0.15, 0.2) is 0 Å². The normalized spacial score (nSPS) is 11.2. The van der Waals surface area contributed by atoms with Gasteiger partial charge in [-0.05, 0) is 57.1 Å². The Bertz CT molecular complexity index is 501. The predicted molar refractivity (Wildman–Crippen MR) is 79.8 cm³/mol. The smallest absolute Gasteiger partial charge is 0.0709 e. The van der Waals surface area contributed by atoms with Gasteiger partial charge in [-0.3, -0.25) is 0 Å². The van der Waals surface area contributed by atoms with E-state index < -0.39 is 0 Å². The van der Waals surface area contributed by atoms with E-state index in [1.54, 1.807) is 0 Å². The topological polar surface area (TPSA) is 21.1 Å². The molecule has 2 rings (SSSR count). The van der Waals surface area contributed by atoms with E-state index in [0.29, 0.717) is 0 Å². The number of aromatic nitrogens is 2. The van der Waals surface area contributed by atoms with Crippen LogP contribution < -0.4 is 0 Å². The molecule has 0 unspecified atom stereocenters. The van der Waals surface area contributed by atoms with Crippen molar-refractivity contribution in [2.24, 2.45) is 0 Å². The van der Waals surface area contributed by atoms with Gasteiger partial charge in [-0.2, -0.15) is 5.10 Å². The summed E-state index contributed by atoms with van der Waals surface area (Å²) >= 11 is 0. The van der Waals surface area contributed by atoms with Crippen molar-refractivity contribution in [2.45, 2.75) is 26.2 Å². The van der Waals surface area contributed by atoms with E-state index in [9.17, 15) is 0 Å². The molecule has 2 aromatic rings. The van der Waals surface area contributed by atoms with Crippen LogP contribution in [0.15, 0.2) is 36.7 Å². The Hall–Kier alpha value is -1.61. The zero-order valence-corrected chi connectivity index (χ0v) is 12.1. The molecule has 3 nitrogen and oxygen atoms in total. The highest BCUT2D eigenvalue weighted by Crippen LogP contribution is 2.21. The summed E-state index contributed by atoms with van der Waals surface area (Å²) in [5, 5.41) is 4.41. The minimum atomic E-state index is 1.04. The van der Waals surface area contributed by atoms with E-state index in [1.807, 2.05) is 23.1 Å².